The normalized spacial score (nSPS) is 21.2. The van der Waals surface area contributed by atoms with Gasteiger partial charge in [0.05, 0.1) is 29.0 Å². The summed E-state index contributed by atoms with van der Waals surface area (Å²) in [6.07, 6.45) is 15.1. The molecule has 2 aliphatic carbocycles. The Morgan fingerprint density at radius 1 is 0.756 bits per heavy atom. The van der Waals surface area contributed by atoms with Crippen molar-refractivity contribution in [3.8, 4) is 6.07 Å². The van der Waals surface area contributed by atoms with Crippen molar-refractivity contribution < 1.29 is 0 Å². The molecule has 9 rings (SSSR count). The summed E-state index contributed by atoms with van der Waals surface area (Å²) < 4.78 is 4.20. The number of nitriles is 1. The topological polar surface area (TPSA) is 192 Å². The van der Waals surface area contributed by atoms with Gasteiger partial charge in [0.1, 0.15) is 23.5 Å². The Morgan fingerprint density at radius 2 is 1.38 bits per heavy atom. The van der Waals surface area contributed by atoms with Crippen LogP contribution in [0.2, 0.25) is 0 Å². The zero-order chi connectivity index (χ0) is 29.6. The van der Waals surface area contributed by atoms with Gasteiger partial charge in [-0.15, -0.1) is 32.8 Å². The number of nitrogens with two attached hydrogens (primary N) is 1. The molecular formula is C30H31ClN14. The maximum atomic E-state index is 8.87. The van der Waals surface area contributed by atoms with Gasteiger partial charge in [-0.05, 0) is 62.8 Å². The number of nitrogens with zero attached hydrogens (tertiary/aromatic N) is 10. The van der Waals surface area contributed by atoms with E-state index in [2.05, 4.69) is 65.5 Å². The van der Waals surface area contributed by atoms with E-state index in [1.54, 1.807) is 24.7 Å². The van der Waals surface area contributed by atoms with Crippen LogP contribution < -0.4 is 11.1 Å². The lowest BCUT2D eigenvalue weighted by Gasteiger charge is -2.13. The second kappa shape index (κ2) is 11.8. The summed E-state index contributed by atoms with van der Waals surface area (Å²) in [6, 6.07) is 10.4. The molecule has 2 aliphatic rings. The van der Waals surface area contributed by atoms with Crippen molar-refractivity contribution in [3.05, 3.63) is 72.5 Å². The van der Waals surface area contributed by atoms with Gasteiger partial charge in [0, 0.05) is 42.5 Å². The summed E-state index contributed by atoms with van der Waals surface area (Å²) in [5.74, 6) is 3.56. The summed E-state index contributed by atoms with van der Waals surface area (Å²) >= 11 is 0. The van der Waals surface area contributed by atoms with Crippen molar-refractivity contribution in [2.45, 2.75) is 62.4 Å². The molecule has 0 bridgehead atoms. The van der Waals surface area contributed by atoms with Gasteiger partial charge < -0.3 is 21.0 Å². The summed E-state index contributed by atoms with van der Waals surface area (Å²) in [6.45, 7) is 0. The number of aromatic amines is 2. The van der Waals surface area contributed by atoms with E-state index in [0.717, 1.165) is 89.6 Å². The van der Waals surface area contributed by atoms with E-state index in [1.165, 1.54) is 0 Å². The largest absolute Gasteiger partial charge is 0.367 e. The van der Waals surface area contributed by atoms with Crippen LogP contribution in [0.1, 0.15) is 67.6 Å². The van der Waals surface area contributed by atoms with Crippen molar-refractivity contribution in [1.82, 2.24) is 54.1 Å². The third-order valence-corrected chi connectivity index (χ3v) is 8.81. The smallest absolute Gasteiger partial charge is 0.179 e. The first-order valence-corrected chi connectivity index (χ1v) is 14.9. The van der Waals surface area contributed by atoms with E-state index in [1.807, 2.05) is 30.6 Å². The van der Waals surface area contributed by atoms with Gasteiger partial charge in [-0.3, -0.25) is 8.80 Å². The van der Waals surface area contributed by atoms with Gasteiger partial charge in [-0.1, -0.05) is 0 Å². The van der Waals surface area contributed by atoms with Crippen LogP contribution in [0.3, 0.4) is 0 Å². The van der Waals surface area contributed by atoms with E-state index in [4.69, 9.17) is 11.0 Å². The maximum absolute atomic E-state index is 8.87. The lowest BCUT2D eigenvalue weighted by Crippen LogP contribution is -2.16. The lowest BCUT2D eigenvalue weighted by molar-refractivity contribution is 0.639. The number of pyridine rings is 1. The van der Waals surface area contributed by atoms with Crippen LogP contribution in [0, 0.1) is 11.3 Å². The Balaban J connectivity index is 0.000000150. The van der Waals surface area contributed by atoms with E-state index in [0.29, 0.717) is 29.5 Å². The summed E-state index contributed by atoms with van der Waals surface area (Å²) in [7, 11) is 0. The molecule has 228 valence electrons. The predicted molar refractivity (Wildman–Crippen MR) is 170 cm³/mol. The molecule has 4 atom stereocenters. The van der Waals surface area contributed by atoms with E-state index in [-0.39, 0.29) is 12.4 Å². The average Bonchev–Trinajstić information content (AvgIpc) is 3.88. The molecule has 14 nitrogen and oxygen atoms in total. The van der Waals surface area contributed by atoms with Gasteiger partial charge >= 0.3 is 0 Å². The predicted octanol–water partition coefficient (Wildman–Crippen LogP) is 4.24. The van der Waals surface area contributed by atoms with Crippen LogP contribution in [0.25, 0.3) is 33.6 Å². The number of nitrogens with one attached hydrogen (secondary N) is 3. The molecule has 0 saturated heterocycles. The average molecular weight is 623 g/mol. The molecule has 0 aliphatic heterocycles. The number of hydrogen-bond donors (Lipinski definition) is 4. The molecule has 5 N–H and O–H groups in total. The molecule has 2 saturated carbocycles. The number of H-pyrrole nitrogens is 2. The molecule has 0 unspecified atom stereocenters. The fourth-order valence-electron chi connectivity index (χ4n) is 6.68. The first-order valence-electron chi connectivity index (χ1n) is 14.9. The highest BCUT2D eigenvalue weighted by Crippen LogP contribution is 2.36. The Hall–Kier alpha value is -5.13. The second-order valence-electron chi connectivity index (χ2n) is 11.6. The Labute approximate surface area is 262 Å². The monoisotopic (exact) mass is 622 g/mol. The van der Waals surface area contributed by atoms with Gasteiger partial charge in [0.15, 0.2) is 22.6 Å². The third kappa shape index (κ3) is 5.19. The van der Waals surface area contributed by atoms with Crippen LogP contribution in [-0.2, 0) is 0 Å². The number of halogens is 1. The van der Waals surface area contributed by atoms with Gasteiger partial charge in [-0.2, -0.15) is 5.26 Å². The summed E-state index contributed by atoms with van der Waals surface area (Å²) in [5.41, 5.74) is 11.9. The number of fused-ring (bicyclic) bond motifs is 6. The molecule has 7 aromatic heterocycles. The lowest BCUT2D eigenvalue weighted by atomic mass is 10.1. The van der Waals surface area contributed by atoms with Crippen molar-refractivity contribution in [2.75, 3.05) is 5.32 Å². The standard InChI is InChI=1S/C18H16N8.C12H14N6.ClH/c19-8-11-1-4-15(21-9-11)23-13-3-2-12(7-13)18-25-24-16-10-22-17-14(26(16)18)5-6-20-17;13-8-2-1-7(5-8)12-17-16-10-6-15-11-9(18(10)12)3-4-14-11;/h1,4-6,9-10,12-13,20H,2-3,7H2,(H,21,23);3-4,6-8,14H,1-2,5,13H2;1H/t12-,13+;7-,8+;/m11./s1. The van der Waals surface area contributed by atoms with Crippen molar-refractivity contribution in [3.63, 3.8) is 0 Å². The highest BCUT2D eigenvalue weighted by molar-refractivity contribution is 5.85. The minimum atomic E-state index is 0. The van der Waals surface area contributed by atoms with Crippen LogP contribution in [0.15, 0.2) is 55.2 Å². The van der Waals surface area contributed by atoms with Crippen LogP contribution in [-0.4, -0.2) is 66.2 Å². The number of hydrogen-bond acceptors (Lipinski definition) is 10. The fourth-order valence-corrected chi connectivity index (χ4v) is 6.68. The van der Waals surface area contributed by atoms with Crippen LogP contribution >= 0.6 is 12.4 Å². The molecule has 0 spiro atoms. The van der Waals surface area contributed by atoms with E-state index >= 15 is 0 Å². The summed E-state index contributed by atoms with van der Waals surface area (Å²) in [4.78, 5) is 19.3. The van der Waals surface area contributed by atoms with Gasteiger partial charge in [0.2, 0.25) is 0 Å². The zero-order valence-electron chi connectivity index (χ0n) is 24.2. The molecule has 0 aromatic carbocycles. The summed E-state index contributed by atoms with van der Waals surface area (Å²) in [5, 5.41) is 29.6. The molecule has 7 heterocycles. The molecular weight excluding hydrogens is 592 g/mol. The molecule has 15 heteroatoms. The number of rotatable bonds is 4. The molecule has 45 heavy (non-hydrogen) atoms. The molecule has 2 fully saturated rings. The van der Waals surface area contributed by atoms with Crippen LogP contribution in [0.4, 0.5) is 5.82 Å². The fraction of sp³-hybridized carbons (Fsp3) is 0.333. The van der Waals surface area contributed by atoms with E-state index < -0.39 is 0 Å². The Bertz CT molecular complexity index is 2130. The third-order valence-electron chi connectivity index (χ3n) is 8.81. The Morgan fingerprint density at radius 3 is 1.93 bits per heavy atom. The van der Waals surface area contributed by atoms with Gasteiger partial charge in [0.25, 0.3) is 0 Å². The van der Waals surface area contributed by atoms with Crippen molar-refractivity contribution in [2.24, 2.45) is 5.73 Å². The highest BCUT2D eigenvalue weighted by Gasteiger charge is 2.30. The zero-order valence-corrected chi connectivity index (χ0v) is 25.0. The van der Waals surface area contributed by atoms with Gasteiger partial charge in [-0.25, -0.2) is 15.0 Å². The molecule has 0 amide bonds. The quantitative estimate of drug-likeness (QED) is 0.220. The van der Waals surface area contributed by atoms with Crippen molar-refractivity contribution >= 4 is 51.8 Å². The molecule has 0 radical (unpaired) electrons. The highest BCUT2D eigenvalue weighted by atomic mass is 35.5. The van der Waals surface area contributed by atoms with E-state index in [9.17, 15) is 0 Å². The maximum Gasteiger partial charge on any atom is 0.179 e. The minimum absolute atomic E-state index is 0. The number of aromatic nitrogens is 11. The first kappa shape index (κ1) is 28.6. The van der Waals surface area contributed by atoms with Crippen molar-refractivity contribution in [1.29, 1.82) is 5.26 Å². The Kier molecular flexibility index (Phi) is 7.48. The second-order valence-corrected chi connectivity index (χ2v) is 11.6. The first-order chi connectivity index (χ1) is 21.6. The SMILES string of the molecule is Cl.N#Cc1ccc(N[C@H]2CC[C@@H](c3nnc4cnc5[nH]ccc5n34)C2)nc1.N[C@H]1CC[C@@H](c2nnc3cnc4[nH]ccc4n23)C1. The minimum Gasteiger partial charge on any atom is -0.367 e. The number of anilines is 1. The molecule has 7 aromatic rings. The van der Waals surface area contributed by atoms with Crippen LogP contribution in [0.5, 0.6) is 0 Å².